The minimum absolute atomic E-state index is 0.148. The van der Waals surface area contributed by atoms with Gasteiger partial charge in [0.2, 0.25) is 0 Å². The Labute approximate surface area is 171 Å². The van der Waals surface area contributed by atoms with Crippen molar-refractivity contribution >= 4 is 17.1 Å². The summed E-state index contributed by atoms with van der Waals surface area (Å²) < 4.78 is 24.6. The molecule has 0 aromatic rings. The van der Waals surface area contributed by atoms with Crippen LogP contribution in [0.3, 0.4) is 0 Å². The van der Waals surface area contributed by atoms with E-state index in [0.717, 1.165) is 51.2 Å². The van der Waals surface area contributed by atoms with Crippen LogP contribution in [0.5, 0.6) is 0 Å². The fraction of sp³-hybridized carbons (Fsp3) is 1.00. The van der Waals surface area contributed by atoms with Crippen LogP contribution in [0.1, 0.15) is 68.2 Å². The summed E-state index contributed by atoms with van der Waals surface area (Å²) in [7, 11) is -4.19. The van der Waals surface area contributed by atoms with Crippen LogP contribution in [0, 0.1) is 0 Å². The molecule has 27 heavy (non-hydrogen) atoms. The summed E-state index contributed by atoms with van der Waals surface area (Å²) in [5.74, 6) is 0. The van der Waals surface area contributed by atoms with Crippen molar-refractivity contribution in [1.29, 1.82) is 0 Å². The average molecular weight is 422 g/mol. The van der Waals surface area contributed by atoms with Crippen LogP contribution in [0.15, 0.2) is 0 Å². The molecular formula is C20H47NO4Si2. The minimum Gasteiger partial charge on any atom is -0.395 e. The first kappa shape index (κ1) is 27.2. The van der Waals surface area contributed by atoms with Crippen LogP contribution >= 0.6 is 0 Å². The molecule has 0 spiro atoms. The molecule has 7 heteroatoms. The summed E-state index contributed by atoms with van der Waals surface area (Å²) in [6.45, 7) is 24.5. The van der Waals surface area contributed by atoms with Gasteiger partial charge in [-0.1, -0.05) is 0 Å². The van der Waals surface area contributed by atoms with Gasteiger partial charge in [-0.05, 0) is 107 Å². The zero-order chi connectivity index (χ0) is 21.2. The van der Waals surface area contributed by atoms with Crippen molar-refractivity contribution < 1.29 is 17.7 Å². The molecule has 0 heterocycles. The maximum absolute atomic E-state index is 6.27. The Kier molecular flexibility index (Phi) is 12.2. The molecule has 0 aliphatic heterocycles. The molecule has 0 aromatic heterocycles. The number of hydrogen-bond donors (Lipinski definition) is 1. The summed E-state index contributed by atoms with van der Waals surface area (Å²) in [6, 6.07) is 2.04. The van der Waals surface area contributed by atoms with Crippen LogP contribution in [-0.2, 0) is 17.7 Å². The van der Waals surface area contributed by atoms with Crippen molar-refractivity contribution in [2.45, 2.75) is 105 Å². The highest BCUT2D eigenvalue weighted by atomic mass is 28.4. The highest BCUT2D eigenvalue weighted by Crippen LogP contribution is 2.24. The van der Waals surface area contributed by atoms with Crippen molar-refractivity contribution in [3.63, 3.8) is 0 Å². The molecular weight excluding hydrogens is 374 g/mol. The topological polar surface area (TPSA) is 49.0 Å². The van der Waals surface area contributed by atoms with Gasteiger partial charge in [0.25, 0.3) is 0 Å². The van der Waals surface area contributed by atoms with Gasteiger partial charge in [-0.15, -0.1) is 0 Å². The molecule has 0 aliphatic carbocycles. The summed E-state index contributed by atoms with van der Waals surface area (Å²) in [4.78, 5) is 0. The number of rotatable bonds is 14. The van der Waals surface area contributed by atoms with E-state index in [9.17, 15) is 0 Å². The van der Waals surface area contributed by atoms with Gasteiger partial charge >= 0.3 is 17.1 Å². The molecule has 0 fully saturated rings. The maximum Gasteiger partial charge on any atom is 0.335 e. The third kappa shape index (κ3) is 14.8. The van der Waals surface area contributed by atoms with Crippen molar-refractivity contribution in [3.8, 4) is 0 Å². The lowest BCUT2D eigenvalue weighted by Crippen LogP contribution is -2.45. The summed E-state index contributed by atoms with van der Waals surface area (Å²) in [5.41, 5.74) is -0.296. The molecule has 0 bridgehead atoms. The van der Waals surface area contributed by atoms with Crippen LogP contribution in [-0.4, -0.2) is 54.6 Å². The van der Waals surface area contributed by atoms with E-state index in [4.69, 9.17) is 17.7 Å². The predicted octanol–water partition coefficient (Wildman–Crippen LogP) is 5.20. The normalized spacial score (nSPS) is 17.6. The molecule has 0 aliphatic rings. The molecule has 0 radical (unpaired) electrons. The van der Waals surface area contributed by atoms with Gasteiger partial charge < -0.3 is 23.0 Å². The number of hydrogen-bond acceptors (Lipinski definition) is 5. The molecule has 0 aromatic carbocycles. The Balaban J connectivity index is 4.19. The van der Waals surface area contributed by atoms with Crippen molar-refractivity contribution in [3.05, 3.63) is 0 Å². The summed E-state index contributed by atoms with van der Waals surface area (Å²) in [6.07, 6.45) is 2.16. The molecule has 1 N–H and O–H groups in total. The molecule has 0 amide bonds. The molecule has 0 saturated heterocycles. The van der Waals surface area contributed by atoms with Crippen LogP contribution in [0.25, 0.3) is 0 Å². The summed E-state index contributed by atoms with van der Waals surface area (Å²) >= 11 is 0. The maximum atomic E-state index is 6.27. The molecule has 5 nitrogen and oxygen atoms in total. The fourth-order valence-corrected chi connectivity index (χ4v) is 9.47. The second-order valence-electron chi connectivity index (χ2n) is 9.52. The summed E-state index contributed by atoms with van der Waals surface area (Å²) in [5, 5.41) is 3.56. The third-order valence-corrected chi connectivity index (χ3v) is 10.3. The first-order chi connectivity index (χ1) is 12.2. The van der Waals surface area contributed by atoms with Crippen LogP contribution in [0.4, 0.5) is 0 Å². The molecule has 0 rings (SSSR count). The monoisotopic (exact) mass is 421 g/mol. The first-order valence-corrected chi connectivity index (χ1v) is 15.7. The standard InChI is InChI=1S/C20H47NO4Si2/c1-11-22-26(9,24-19(3,4)5)17-13-15-21-16-14-18-27(10,23-12-2)25-20(6,7)8/h21H,11-18H2,1-10H3. The molecule has 2 unspecified atom stereocenters. The molecule has 164 valence electrons. The van der Waals surface area contributed by atoms with E-state index in [-0.39, 0.29) is 11.2 Å². The van der Waals surface area contributed by atoms with E-state index in [0.29, 0.717) is 0 Å². The average Bonchev–Trinajstić information content (AvgIpc) is 2.42. The van der Waals surface area contributed by atoms with E-state index < -0.39 is 17.1 Å². The Bertz CT molecular complexity index is 362. The molecule has 0 saturated carbocycles. The minimum atomic E-state index is -2.09. The zero-order valence-electron chi connectivity index (χ0n) is 19.8. The zero-order valence-corrected chi connectivity index (χ0v) is 21.8. The van der Waals surface area contributed by atoms with E-state index in [1.54, 1.807) is 0 Å². The Morgan fingerprint density at radius 3 is 1.26 bits per heavy atom. The van der Waals surface area contributed by atoms with Gasteiger partial charge in [0.1, 0.15) is 0 Å². The van der Waals surface area contributed by atoms with Gasteiger partial charge in [-0.3, -0.25) is 0 Å². The van der Waals surface area contributed by atoms with Crippen LogP contribution < -0.4 is 5.32 Å². The fourth-order valence-electron chi connectivity index (χ4n) is 3.41. The predicted molar refractivity (Wildman–Crippen MR) is 120 cm³/mol. The second kappa shape index (κ2) is 12.0. The van der Waals surface area contributed by atoms with Gasteiger partial charge in [-0.2, -0.15) is 0 Å². The quantitative estimate of drug-likeness (QED) is 0.308. The number of nitrogens with one attached hydrogen (secondary N) is 1. The lowest BCUT2D eigenvalue weighted by Gasteiger charge is -2.34. The Hall–Kier alpha value is 0.234. The van der Waals surface area contributed by atoms with Crippen LogP contribution in [0.2, 0.25) is 25.2 Å². The lowest BCUT2D eigenvalue weighted by atomic mass is 10.2. The van der Waals surface area contributed by atoms with E-state index in [1.807, 2.05) is 0 Å². The van der Waals surface area contributed by atoms with Gasteiger partial charge in [-0.25, -0.2) is 0 Å². The third-order valence-electron chi connectivity index (χ3n) is 3.91. The highest BCUT2D eigenvalue weighted by Gasteiger charge is 2.36. The van der Waals surface area contributed by atoms with Crippen molar-refractivity contribution in [2.24, 2.45) is 0 Å². The smallest absolute Gasteiger partial charge is 0.335 e. The Morgan fingerprint density at radius 2 is 1.00 bits per heavy atom. The second-order valence-corrected chi connectivity index (χ2v) is 16.0. The molecule has 2 atom stereocenters. The van der Waals surface area contributed by atoms with E-state index in [1.165, 1.54) is 0 Å². The van der Waals surface area contributed by atoms with Gasteiger partial charge in [0.15, 0.2) is 0 Å². The SMILES string of the molecule is CCO[Si](C)(CCCNCCC[Si](C)(OCC)OC(C)(C)C)OC(C)(C)C. The van der Waals surface area contributed by atoms with Gasteiger partial charge in [0, 0.05) is 13.2 Å². The first-order valence-electron chi connectivity index (χ1n) is 10.6. The van der Waals surface area contributed by atoms with Crippen molar-refractivity contribution in [2.75, 3.05) is 26.3 Å². The van der Waals surface area contributed by atoms with E-state index >= 15 is 0 Å². The van der Waals surface area contributed by atoms with Gasteiger partial charge in [0.05, 0.1) is 11.2 Å². The van der Waals surface area contributed by atoms with Crippen molar-refractivity contribution in [1.82, 2.24) is 5.32 Å². The lowest BCUT2D eigenvalue weighted by molar-refractivity contribution is 0.0671. The Morgan fingerprint density at radius 1 is 0.667 bits per heavy atom. The highest BCUT2D eigenvalue weighted by molar-refractivity contribution is 6.66. The van der Waals surface area contributed by atoms with E-state index in [2.05, 4.69) is 73.8 Å². The largest absolute Gasteiger partial charge is 0.395 e.